The van der Waals surface area contributed by atoms with E-state index in [-0.39, 0.29) is 17.5 Å². The van der Waals surface area contributed by atoms with Crippen molar-refractivity contribution in [2.45, 2.75) is 18.9 Å². The van der Waals surface area contributed by atoms with E-state index in [4.69, 9.17) is 9.47 Å². The van der Waals surface area contributed by atoms with Crippen LogP contribution in [0.2, 0.25) is 0 Å². The number of fused-ring (bicyclic) bond motifs is 1. The van der Waals surface area contributed by atoms with E-state index in [1.54, 1.807) is 12.3 Å². The van der Waals surface area contributed by atoms with Crippen LogP contribution in [0.4, 0.5) is 0 Å². The molecule has 1 aliphatic heterocycles. The molecule has 0 spiro atoms. The van der Waals surface area contributed by atoms with E-state index in [1.807, 2.05) is 54.6 Å². The van der Waals surface area contributed by atoms with Crippen molar-refractivity contribution in [1.82, 2.24) is 4.98 Å². The minimum Gasteiger partial charge on any atom is -0.491 e. The summed E-state index contributed by atoms with van der Waals surface area (Å²) < 4.78 is 11.3. The SMILES string of the molecule is N#C/C(=C\c1ccc(OCC2CCCO2)cc1)C(=O)c1c[nH]c2ccccc12. The molecule has 1 aromatic heterocycles. The van der Waals surface area contributed by atoms with Gasteiger partial charge in [-0.25, -0.2) is 0 Å². The number of ketones is 1. The Morgan fingerprint density at radius 3 is 2.82 bits per heavy atom. The van der Waals surface area contributed by atoms with Crippen molar-refractivity contribution in [3.63, 3.8) is 0 Å². The summed E-state index contributed by atoms with van der Waals surface area (Å²) >= 11 is 0. The molecule has 1 unspecified atom stereocenters. The predicted molar refractivity (Wildman–Crippen MR) is 107 cm³/mol. The molecule has 5 nitrogen and oxygen atoms in total. The minimum absolute atomic E-state index is 0.0952. The number of aromatic nitrogens is 1. The number of H-pyrrole nitrogens is 1. The Morgan fingerprint density at radius 2 is 2.07 bits per heavy atom. The minimum atomic E-state index is -0.293. The van der Waals surface area contributed by atoms with Gasteiger partial charge < -0.3 is 14.5 Å². The van der Waals surface area contributed by atoms with E-state index >= 15 is 0 Å². The van der Waals surface area contributed by atoms with Crippen molar-refractivity contribution in [2.24, 2.45) is 0 Å². The predicted octanol–water partition coefficient (Wildman–Crippen LogP) is 4.52. The summed E-state index contributed by atoms with van der Waals surface area (Å²) in [6, 6.07) is 16.9. The normalized spacial score (nSPS) is 16.8. The maximum atomic E-state index is 12.8. The number of hydrogen-bond donors (Lipinski definition) is 1. The first-order chi connectivity index (χ1) is 13.7. The lowest BCUT2D eigenvalue weighted by atomic mass is 10.0. The number of para-hydroxylation sites is 1. The number of nitriles is 1. The van der Waals surface area contributed by atoms with Gasteiger partial charge in [-0.3, -0.25) is 4.79 Å². The number of benzene rings is 2. The Labute approximate surface area is 163 Å². The van der Waals surface area contributed by atoms with Gasteiger partial charge in [0, 0.05) is 29.3 Å². The fraction of sp³-hybridized carbons (Fsp3) is 0.217. The van der Waals surface area contributed by atoms with E-state index in [2.05, 4.69) is 4.98 Å². The number of allylic oxidation sites excluding steroid dienone is 1. The van der Waals surface area contributed by atoms with Crippen molar-refractivity contribution in [2.75, 3.05) is 13.2 Å². The zero-order valence-electron chi connectivity index (χ0n) is 15.4. The summed E-state index contributed by atoms with van der Waals surface area (Å²) in [4.78, 5) is 15.9. The Hall–Kier alpha value is -3.36. The average molecular weight is 372 g/mol. The number of Topliss-reactive ketones (excluding diaryl/α,β-unsaturated/α-hetero) is 1. The number of carbonyl (C=O) groups excluding carboxylic acids is 1. The van der Waals surface area contributed by atoms with Crippen molar-refractivity contribution in [3.05, 3.63) is 71.4 Å². The number of hydrogen-bond acceptors (Lipinski definition) is 4. The first-order valence-electron chi connectivity index (χ1n) is 9.31. The molecule has 140 valence electrons. The molecule has 0 saturated carbocycles. The van der Waals surface area contributed by atoms with Crippen LogP contribution < -0.4 is 4.74 Å². The van der Waals surface area contributed by atoms with Crippen LogP contribution in [0, 0.1) is 11.3 Å². The fourth-order valence-electron chi connectivity index (χ4n) is 3.34. The highest BCUT2D eigenvalue weighted by Crippen LogP contribution is 2.22. The molecule has 3 aromatic rings. The molecule has 1 fully saturated rings. The van der Waals surface area contributed by atoms with Gasteiger partial charge in [-0.2, -0.15) is 5.26 Å². The lowest BCUT2D eigenvalue weighted by Gasteiger charge is -2.11. The zero-order valence-corrected chi connectivity index (χ0v) is 15.4. The van der Waals surface area contributed by atoms with E-state index < -0.39 is 0 Å². The van der Waals surface area contributed by atoms with Gasteiger partial charge in [0.1, 0.15) is 24.0 Å². The van der Waals surface area contributed by atoms with E-state index in [9.17, 15) is 10.1 Å². The van der Waals surface area contributed by atoms with Gasteiger partial charge in [0.25, 0.3) is 0 Å². The molecule has 2 heterocycles. The molecule has 1 N–H and O–H groups in total. The second-order valence-electron chi connectivity index (χ2n) is 6.76. The van der Waals surface area contributed by atoms with Crippen molar-refractivity contribution >= 4 is 22.8 Å². The lowest BCUT2D eigenvalue weighted by Crippen LogP contribution is -2.16. The molecule has 4 rings (SSSR count). The molecule has 0 amide bonds. The second kappa shape index (κ2) is 8.12. The standard InChI is InChI=1S/C23H20N2O3/c24-13-17(23(26)21-14-25-22-6-2-1-5-20(21)22)12-16-7-9-18(10-8-16)28-15-19-4-3-11-27-19/h1-2,5-10,12,14,19,25H,3-4,11,15H2/b17-12+. The maximum Gasteiger partial charge on any atom is 0.205 e. The monoisotopic (exact) mass is 372 g/mol. The first kappa shape index (κ1) is 18.0. The van der Waals surface area contributed by atoms with Gasteiger partial charge in [0.2, 0.25) is 5.78 Å². The van der Waals surface area contributed by atoms with Crippen molar-refractivity contribution < 1.29 is 14.3 Å². The number of nitrogens with one attached hydrogen (secondary N) is 1. The summed E-state index contributed by atoms with van der Waals surface area (Å²) in [5, 5.41) is 10.3. The van der Waals surface area contributed by atoms with Crippen LogP contribution in [0.25, 0.3) is 17.0 Å². The molecule has 5 heteroatoms. The molecule has 1 atom stereocenters. The number of aromatic amines is 1. The van der Waals surface area contributed by atoms with Gasteiger partial charge in [-0.1, -0.05) is 30.3 Å². The summed E-state index contributed by atoms with van der Waals surface area (Å²) in [5.41, 5.74) is 2.24. The quantitative estimate of drug-likeness (QED) is 0.392. The largest absolute Gasteiger partial charge is 0.491 e. The Bertz CT molecular complexity index is 1050. The van der Waals surface area contributed by atoms with Crippen LogP contribution in [0.3, 0.4) is 0 Å². The fourth-order valence-corrected chi connectivity index (χ4v) is 3.34. The van der Waals surface area contributed by atoms with Crippen molar-refractivity contribution in [1.29, 1.82) is 5.26 Å². The van der Waals surface area contributed by atoms with Gasteiger partial charge in [0.15, 0.2) is 0 Å². The van der Waals surface area contributed by atoms with Crippen LogP contribution >= 0.6 is 0 Å². The second-order valence-corrected chi connectivity index (χ2v) is 6.76. The van der Waals surface area contributed by atoms with Gasteiger partial charge in [0.05, 0.1) is 6.10 Å². The van der Waals surface area contributed by atoms with Gasteiger partial charge in [-0.05, 0) is 42.7 Å². The molecule has 1 aliphatic rings. The van der Waals surface area contributed by atoms with E-state index in [1.165, 1.54) is 0 Å². The van der Waals surface area contributed by atoms with Crippen LogP contribution in [0.5, 0.6) is 5.75 Å². The third kappa shape index (κ3) is 3.83. The highest BCUT2D eigenvalue weighted by atomic mass is 16.5. The highest BCUT2D eigenvalue weighted by Gasteiger charge is 2.17. The number of nitrogens with zero attached hydrogens (tertiary/aromatic N) is 1. The third-order valence-corrected chi connectivity index (χ3v) is 4.85. The first-order valence-corrected chi connectivity index (χ1v) is 9.31. The van der Waals surface area contributed by atoms with Crippen LogP contribution in [-0.2, 0) is 4.74 Å². The lowest BCUT2D eigenvalue weighted by molar-refractivity contribution is 0.0679. The number of ether oxygens (including phenoxy) is 2. The Morgan fingerprint density at radius 1 is 1.25 bits per heavy atom. The van der Waals surface area contributed by atoms with E-state index in [0.717, 1.165) is 41.7 Å². The topological polar surface area (TPSA) is 75.1 Å². The van der Waals surface area contributed by atoms with Gasteiger partial charge in [-0.15, -0.1) is 0 Å². The highest BCUT2D eigenvalue weighted by molar-refractivity contribution is 6.19. The number of carbonyl (C=O) groups is 1. The molecular weight excluding hydrogens is 352 g/mol. The summed E-state index contributed by atoms with van der Waals surface area (Å²) in [6.07, 6.45) is 5.54. The summed E-state index contributed by atoms with van der Waals surface area (Å²) in [7, 11) is 0. The smallest absolute Gasteiger partial charge is 0.205 e. The van der Waals surface area contributed by atoms with Crippen molar-refractivity contribution in [3.8, 4) is 11.8 Å². The molecule has 0 aliphatic carbocycles. The molecular formula is C23H20N2O3. The molecule has 1 saturated heterocycles. The molecule has 28 heavy (non-hydrogen) atoms. The van der Waals surface area contributed by atoms with Gasteiger partial charge >= 0.3 is 0 Å². The zero-order chi connectivity index (χ0) is 19.3. The third-order valence-electron chi connectivity index (χ3n) is 4.85. The average Bonchev–Trinajstić information content (AvgIpc) is 3.40. The molecule has 0 radical (unpaired) electrons. The Balaban J connectivity index is 1.49. The Kier molecular flexibility index (Phi) is 5.22. The summed E-state index contributed by atoms with van der Waals surface area (Å²) in [5.74, 6) is 0.452. The van der Waals surface area contributed by atoms with Crippen LogP contribution in [0.1, 0.15) is 28.8 Å². The molecule has 0 bridgehead atoms. The summed E-state index contributed by atoms with van der Waals surface area (Å²) in [6.45, 7) is 1.34. The number of rotatable bonds is 6. The molecule has 2 aromatic carbocycles. The maximum absolute atomic E-state index is 12.8. The van der Waals surface area contributed by atoms with Crippen LogP contribution in [-0.4, -0.2) is 30.1 Å². The van der Waals surface area contributed by atoms with E-state index in [0.29, 0.717) is 12.2 Å². The van der Waals surface area contributed by atoms with Crippen LogP contribution in [0.15, 0.2) is 60.3 Å².